The fourth-order valence-electron chi connectivity index (χ4n) is 1.90. The van der Waals surface area contributed by atoms with Gasteiger partial charge in [0.1, 0.15) is 11.6 Å². The van der Waals surface area contributed by atoms with Crippen LogP contribution in [-0.4, -0.2) is 15.7 Å². The molecule has 1 aromatic heterocycles. The van der Waals surface area contributed by atoms with Crippen LogP contribution in [0.3, 0.4) is 0 Å². The van der Waals surface area contributed by atoms with Crippen molar-refractivity contribution in [1.82, 2.24) is 9.55 Å². The zero-order chi connectivity index (χ0) is 12.6. The molecule has 0 saturated carbocycles. The Hall–Kier alpha value is -1.22. The van der Waals surface area contributed by atoms with Crippen LogP contribution in [0.5, 0.6) is 5.75 Å². The second-order valence-electron chi connectivity index (χ2n) is 4.46. The van der Waals surface area contributed by atoms with Crippen LogP contribution >= 0.6 is 11.6 Å². The molecule has 0 radical (unpaired) electrons. The number of imidazole rings is 1. The normalized spacial score (nSPS) is 13.3. The fourth-order valence-corrected chi connectivity index (χ4v) is 2.09. The molecule has 0 N–H and O–H groups in total. The second kappa shape index (κ2) is 4.57. The molecule has 0 fully saturated rings. The first kappa shape index (κ1) is 12.2. The van der Waals surface area contributed by atoms with Gasteiger partial charge in [-0.3, -0.25) is 0 Å². The molecule has 92 valence electrons. The van der Waals surface area contributed by atoms with Crippen molar-refractivity contribution in [3.63, 3.8) is 0 Å². The first-order valence-electron chi connectivity index (χ1n) is 5.76. The van der Waals surface area contributed by atoms with Gasteiger partial charge in [-0.05, 0) is 32.9 Å². The van der Waals surface area contributed by atoms with E-state index in [4.69, 9.17) is 16.3 Å². The number of ether oxygens (including phenoxy) is 1. The maximum Gasteiger partial charge on any atom is 0.127 e. The van der Waals surface area contributed by atoms with Gasteiger partial charge in [-0.1, -0.05) is 0 Å². The van der Waals surface area contributed by atoms with E-state index < -0.39 is 0 Å². The largest absolute Gasteiger partial charge is 0.491 e. The molecule has 0 saturated heterocycles. The van der Waals surface area contributed by atoms with Crippen LogP contribution < -0.4 is 4.74 Å². The summed E-state index contributed by atoms with van der Waals surface area (Å²) in [5.41, 5.74) is 2.00. The van der Waals surface area contributed by atoms with Crippen LogP contribution in [0.4, 0.5) is 0 Å². The lowest BCUT2D eigenvalue weighted by Gasteiger charge is -2.09. The molecule has 4 heteroatoms. The van der Waals surface area contributed by atoms with E-state index in [1.165, 1.54) is 0 Å². The van der Waals surface area contributed by atoms with Crippen LogP contribution in [-0.2, 0) is 7.05 Å². The molecule has 1 heterocycles. The molecule has 0 aliphatic heterocycles. The third-order valence-electron chi connectivity index (χ3n) is 2.61. The van der Waals surface area contributed by atoms with Gasteiger partial charge in [-0.25, -0.2) is 4.98 Å². The number of aromatic nitrogens is 2. The number of nitrogens with zero attached hydrogens (tertiary/aromatic N) is 2. The molecule has 0 bridgehead atoms. The molecule has 1 atom stereocenters. The number of rotatable bonds is 3. The predicted octanol–water partition coefficient (Wildman–Crippen LogP) is 3.66. The summed E-state index contributed by atoms with van der Waals surface area (Å²) in [6, 6.07) is 5.94. The Morgan fingerprint density at radius 3 is 2.59 bits per heavy atom. The van der Waals surface area contributed by atoms with Gasteiger partial charge in [-0.15, -0.1) is 11.6 Å². The first-order chi connectivity index (χ1) is 7.99. The molecule has 2 rings (SSSR count). The van der Waals surface area contributed by atoms with Gasteiger partial charge < -0.3 is 9.30 Å². The van der Waals surface area contributed by atoms with Crippen molar-refractivity contribution in [2.75, 3.05) is 0 Å². The predicted molar refractivity (Wildman–Crippen MR) is 70.7 cm³/mol. The molecular formula is C13H17ClN2O. The smallest absolute Gasteiger partial charge is 0.127 e. The SMILES string of the molecule is CC(C)Oc1ccc2c(c1)nc(C(C)Cl)n2C. The van der Waals surface area contributed by atoms with Crippen molar-refractivity contribution in [3.05, 3.63) is 24.0 Å². The Balaban J connectivity index is 2.48. The average molecular weight is 253 g/mol. The summed E-state index contributed by atoms with van der Waals surface area (Å²) in [6.07, 6.45) is 0.169. The van der Waals surface area contributed by atoms with E-state index in [0.717, 1.165) is 22.6 Å². The van der Waals surface area contributed by atoms with E-state index in [-0.39, 0.29) is 11.5 Å². The number of alkyl halides is 1. The number of fused-ring (bicyclic) bond motifs is 1. The highest BCUT2D eigenvalue weighted by Crippen LogP contribution is 2.26. The van der Waals surface area contributed by atoms with Crippen LogP contribution in [0.15, 0.2) is 18.2 Å². The molecule has 0 amide bonds. The number of hydrogen-bond acceptors (Lipinski definition) is 2. The van der Waals surface area contributed by atoms with Crippen molar-refractivity contribution < 1.29 is 4.74 Å². The van der Waals surface area contributed by atoms with E-state index in [0.29, 0.717) is 0 Å². The van der Waals surface area contributed by atoms with Crippen LogP contribution in [0, 0.1) is 0 Å². The highest BCUT2D eigenvalue weighted by Gasteiger charge is 2.12. The van der Waals surface area contributed by atoms with Crippen LogP contribution in [0.25, 0.3) is 11.0 Å². The fraction of sp³-hybridized carbons (Fsp3) is 0.462. The lowest BCUT2D eigenvalue weighted by Crippen LogP contribution is -2.05. The van der Waals surface area contributed by atoms with E-state index in [1.54, 1.807) is 0 Å². The molecule has 17 heavy (non-hydrogen) atoms. The third-order valence-corrected chi connectivity index (χ3v) is 2.81. The van der Waals surface area contributed by atoms with Gasteiger partial charge in [-0.2, -0.15) is 0 Å². The summed E-state index contributed by atoms with van der Waals surface area (Å²) in [4.78, 5) is 4.53. The topological polar surface area (TPSA) is 27.1 Å². The zero-order valence-corrected chi connectivity index (χ0v) is 11.3. The Labute approximate surface area is 106 Å². The summed E-state index contributed by atoms with van der Waals surface area (Å²) >= 11 is 6.09. The minimum atomic E-state index is -0.0955. The van der Waals surface area contributed by atoms with Crippen LogP contribution in [0.1, 0.15) is 32.0 Å². The Kier molecular flexibility index (Phi) is 3.29. The molecule has 0 spiro atoms. The second-order valence-corrected chi connectivity index (χ2v) is 5.12. The lowest BCUT2D eigenvalue weighted by atomic mass is 10.3. The Morgan fingerprint density at radius 1 is 1.29 bits per heavy atom. The maximum absolute atomic E-state index is 6.09. The number of halogens is 1. The van der Waals surface area contributed by atoms with Gasteiger partial charge >= 0.3 is 0 Å². The van der Waals surface area contributed by atoms with E-state index in [9.17, 15) is 0 Å². The van der Waals surface area contributed by atoms with E-state index >= 15 is 0 Å². The lowest BCUT2D eigenvalue weighted by molar-refractivity contribution is 0.242. The Morgan fingerprint density at radius 2 is 2.00 bits per heavy atom. The number of benzene rings is 1. The molecule has 0 aliphatic carbocycles. The molecule has 1 aromatic carbocycles. The molecule has 0 aliphatic rings. The van der Waals surface area contributed by atoms with Gasteiger partial charge in [0.05, 0.1) is 22.5 Å². The molecule has 3 nitrogen and oxygen atoms in total. The number of hydrogen-bond donors (Lipinski definition) is 0. The van der Waals surface area contributed by atoms with Gasteiger partial charge in [0.25, 0.3) is 0 Å². The minimum absolute atomic E-state index is 0.0955. The monoisotopic (exact) mass is 252 g/mol. The summed E-state index contributed by atoms with van der Waals surface area (Å²) in [5, 5.41) is -0.0955. The quantitative estimate of drug-likeness (QED) is 0.780. The first-order valence-corrected chi connectivity index (χ1v) is 6.19. The molecule has 1 unspecified atom stereocenters. The minimum Gasteiger partial charge on any atom is -0.491 e. The summed E-state index contributed by atoms with van der Waals surface area (Å²) in [7, 11) is 1.98. The van der Waals surface area contributed by atoms with Gasteiger partial charge in [0, 0.05) is 13.1 Å². The summed E-state index contributed by atoms with van der Waals surface area (Å²) in [5.74, 6) is 1.72. The van der Waals surface area contributed by atoms with Crippen molar-refractivity contribution in [2.24, 2.45) is 7.05 Å². The number of aryl methyl sites for hydroxylation is 1. The van der Waals surface area contributed by atoms with Crippen molar-refractivity contribution in [1.29, 1.82) is 0 Å². The van der Waals surface area contributed by atoms with Crippen LogP contribution in [0.2, 0.25) is 0 Å². The summed E-state index contributed by atoms with van der Waals surface area (Å²) in [6.45, 7) is 5.94. The highest BCUT2D eigenvalue weighted by molar-refractivity contribution is 6.20. The Bertz CT molecular complexity index is 531. The molecular weight excluding hydrogens is 236 g/mol. The van der Waals surface area contributed by atoms with Gasteiger partial charge in [0.15, 0.2) is 0 Å². The summed E-state index contributed by atoms with van der Waals surface area (Å²) < 4.78 is 7.67. The van der Waals surface area contributed by atoms with Crippen molar-refractivity contribution >= 4 is 22.6 Å². The maximum atomic E-state index is 6.09. The van der Waals surface area contributed by atoms with E-state index in [1.807, 2.05) is 50.6 Å². The zero-order valence-electron chi connectivity index (χ0n) is 10.6. The average Bonchev–Trinajstić information content (AvgIpc) is 2.55. The van der Waals surface area contributed by atoms with Gasteiger partial charge in [0.2, 0.25) is 0 Å². The standard InChI is InChI=1S/C13H17ClN2O/c1-8(2)17-10-5-6-12-11(7-10)15-13(9(3)14)16(12)4/h5-9H,1-4H3. The van der Waals surface area contributed by atoms with Crippen molar-refractivity contribution in [3.8, 4) is 5.75 Å². The van der Waals surface area contributed by atoms with Crippen molar-refractivity contribution in [2.45, 2.75) is 32.3 Å². The molecule has 2 aromatic rings. The third kappa shape index (κ3) is 2.39. The van der Waals surface area contributed by atoms with E-state index in [2.05, 4.69) is 4.98 Å². The highest BCUT2D eigenvalue weighted by atomic mass is 35.5.